The fourth-order valence-corrected chi connectivity index (χ4v) is 3.33. The van der Waals surface area contributed by atoms with Crippen molar-refractivity contribution >= 4 is 11.3 Å². The van der Waals surface area contributed by atoms with Gasteiger partial charge in [-0.15, -0.1) is 11.3 Å². The molecule has 5 heteroatoms. The Balaban J connectivity index is 1.71. The Hall–Kier alpha value is -1.20. The molecule has 3 rings (SSSR count). The molecule has 2 aromatic rings. The van der Waals surface area contributed by atoms with Gasteiger partial charge >= 0.3 is 0 Å². The summed E-state index contributed by atoms with van der Waals surface area (Å²) in [6, 6.07) is 0. The van der Waals surface area contributed by atoms with Crippen LogP contribution in [0.3, 0.4) is 0 Å². The molecular formula is C14H20N4S. The Morgan fingerprint density at radius 3 is 3.16 bits per heavy atom. The molecule has 0 fully saturated rings. The second-order valence-electron chi connectivity index (χ2n) is 4.99. The summed E-state index contributed by atoms with van der Waals surface area (Å²) in [5, 5.41) is 6.66. The predicted octanol–water partition coefficient (Wildman–Crippen LogP) is 2.38. The lowest BCUT2D eigenvalue weighted by Crippen LogP contribution is -2.12. The first-order valence-electron chi connectivity index (χ1n) is 7.03. The maximum Gasteiger partial charge on any atom is 0.107 e. The molecule has 0 atom stereocenters. The van der Waals surface area contributed by atoms with E-state index >= 15 is 0 Å². The van der Waals surface area contributed by atoms with E-state index in [9.17, 15) is 0 Å². The predicted molar refractivity (Wildman–Crippen MR) is 77.5 cm³/mol. The van der Waals surface area contributed by atoms with Gasteiger partial charge in [0, 0.05) is 17.6 Å². The minimum absolute atomic E-state index is 0.866. The highest BCUT2D eigenvalue weighted by Gasteiger charge is 2.15. The van der Waals surface area contributed by atoms with Gasteiger partial charge in [-0.2, -0.15) is 0 Å². The van der Waals surface area contributed by atoms with Crippen molar-refractivity contribution < 1.29 is 0 Å². The fourth-order valence-electron chi connectivity index (χ4n) is 2.58. The van der Waals surface area contributed by atoms with Crippen molar-refractivity contribution in [3.63, 3.8) is 0 Å². The summed E-state index contributed by atoms with van der Waals surface area (Å²) in [6.07, 6.45) is 6.88. The Kier molecular flexibility index (Phi) is 3.94. The molecule has 0 aromatic carbocycles. The second kappa shape index (κ2) is 5.84. The first-order chi connectivity index (χ1) is 9.36. The SMILES string of the molecule is CCNCc1nc(Cn2cnc3c2CCCC3)cs1. The lowest BCUT2D eigenvalue weighted by molar-refractivity contribution is 0.624. The van der Waals surface area contributed by atoms with E-state index in [4.69, 9.17) is 0 Å². The van der Waals surface area contributed by atoms with E-state index in [2.05, 4.69) is 32.2 Å². The Morgan fingerprint density at radius 1 is 1.37 bits per heavy atom. The quantitative estimate of drug-likeness (QED) is 0.911. The molecule has 1 aliphatic carbocycles. The lowest BCUT2D eigenvalue weighted by Gasteiger charge is -2.13. The van der Waals surface area contributed by atoms with E-state index in [0.29, 0.717) is 0 Å². The Bertz CT molecular complexity index is 543. The molecular weight excluding hydrogens is 256 g/mol. The van der Waals surface area contributed by atoms with E-state index in [0.717, 1.165) is 31.7 Å². The van der Waals surface area contributed by atoms with Crippen molar-refractivity contribution in [3.05, 3.63) is 33.8 Å². The van der Waals surface area contributed by atoms with Crippen LogP contribution < -0.4 is 5.32 Å². The number of aryl methyl sites for hydroxylation is 1. The van der Waals surface area contributed by atoms with E-state index < -0.39 is 0 Å². The number of nitrogens with one attached hydrogen (secondary N) is 1. The number of thiazole rings is 1. The van der Waals surface area contributed by atoms with Crippen LogP contribution in [0.4, 0.5) is 0 Å². The average molecular weight is 276 g/mol. The van der Waals surface area contributed by atoms with Crippen LogP contribution in [0.25, 0.3) is 0 Å². The van der Waals surface area contributed by atoms with Crippen LogP contribution in [0.5, 0.6) is 0 Å². The van der Waals surface area contributed by atoms with E-state index in [1.54, 1.807) is 11.3 Å². The molecule has 0 saturated heterocycles. The molecule has 0 radical (unpaired) electrons. The highest BCUT2D eigenvalue weighted by Crippen LogP contribution is 2.21. The third kappa shape index (κ3) is 2.87. The van der Waals surface area contributed by atoms with Crippen molar-refractivity contribution in [2.24, 2.45) is 0 Å². The van der Waals surface area contributed by atoms with Crippen molar-refractivity contribution in [2.75, 3.05) is 6.54 Å². The van der Waals surface area contributed by atoms with E-state index in [1.807, 2.05) is 6.33 Å². The molecule has 1 N–H and O–H groups in total. The molecule has 0 spiro atoms. The number of hydrogen-bond donors (Lipinski definition) is 1. The van der Waals surface area contributed by atoms with Gasteiger partial charge in [0.2, 0.25) is 0 Å². The standard InChI is InChI=1S/C14H20N4S/c1-2-15-7-14-17-11(9-19-14)8-18-10-16-12-5-3-4-6-13(12)18/h9-10,15H,2-8H2,1H3. The summed E-state index contributed by atoms with van der Waals surface area (Å²) in [4.78, 5) is 9.21. The zero-order valence-corrected chi connectivity index (χ0v) is 12.2. The molecule has 19 heavy (non-hydrogen) atoms. The number of imidazole rings is 1. The summed E-state index contributed by atoms with van der Waals surface area (Å²) in [7, 11) is 0. The van der Waals surface area contributed by atoms with Crippen LogP contribution in [-0.2, 0) is 25.9 Å². The van der Waals surface area contributed by atoms with Gasteiger partial charge in [0.1, 0.15) is 5.01 Å². The second-order valence-corrected chi connectivity index (χ2v) is 5.93. The smallest absolute Gasteiger partial charge is 0.107 e. The zero-order valence-electron chi connectivity index (χ0n) is 11.4. The van der Waals surface area contributed by atoms with Gasteiger partial charge in [0.15, 0.2) is 0 Å². The number of fused-ring (bicyclic) bond motifs is 1. The van der Waals surface area contributed by atoms with Gasteiger partial charge in [-0.25, -0.2) is 9.97 Å². The molecule has 0 amide bonds. The number of nitrogens with zero attached hydrogens (tertiary/aromatic N) is 3. The van der Waals surface area contributed by atoms with E-state index in [-0.39, 0.29) is 0 Å². The van der Waals surface area contributed by atoms with Crippen LogP contribution in [-0.4, -0.2) is 21.1 Å². The van der Waals surface area contributed by atoms with Crippen molar-refractivity contribution in [1.29, 1.82) is 0 Å². The normalized spacial score (nSPS) is 14.6. The first kappa shape index (κ1) is 12.8. The van der Waals surface area contributed by atoms with Gasteiger partial charge in [0.25, 0.3) is 0 Å². The number of aromatic nitrogens is 3. The summed E-state index contributed by atoms with van der Waals surface area (Å²) < 4.78 is 2.28. The third-order valence-corrected chi connectivity index (χ3v) is 4.47. The molecule has 2 heterocycles. The molecule has 0 bridgehead atoms. The monoisotopic (exact) mass is 276 g/mol. The summed E-state index contributed by atoms with van der Waals surface area (Å²) in [6.45, 7) is 4.85. The van der Waals surface area contributed by atoms with Crippen LogP contribution in [0.1, 0.15) is 41.9 Å². The van der Waals surface area contributed by atoms with Crippen LogP contribution in [0.2, 0.25) is 0 Å². The molecule has 102 valence electrons. The Morgan fingerprint density at radius 2 is 2.26 bits per heavy atom. The van der Waals surface area contributed by atoms with Gasteiger partial charge in [-0.1, -0.05) is 6.92 Å². The third-order valence-electron chi connectivity index (χ3n) is 3.57. The lowest BCUT2D eigenvalue weighted by atomic mass is 10.0. The van der Waals surface area contributed by atoms with Crippen LogP contribution >= 0.6 is 11.3 Å². The van der Waals surface area contributed by atoms with Crippen LogP contribution in [0, 0.1) is 0 Å². The molecule has 4 nitrogen and oxygen atoms in total. The van der Waals surface area contributed by atoms with E-state index in [1.165, 1.54) is 35.7 Å². The maximum absolute atomic E-state index is 4.68. The topological polar surface area (TPSA) is 42.7 Å². The first-order valence-corrected chi connectivity index (χ1v) is 7.91. The number of rotatable bonds is 5. The molecule has 0 aliphatic heterocycles. The van der Waals surface area contributed by atoms with Crippen LogP contribution in [0.15, 0.2) is 11.7 Å². The molecule has 2 aromatic heterocycles. The molecule has 0 unspecified atom stereocenters. The summed E-state index contributed by atoms with van der Waals surface area (Å²) in [5.41, 5.74) is 3.88. The molecule has 0 saturated carbocycles. The van der Waals surface area contributed by atoms with Crippen molar-refractivity contribution in [1.82, 2.24) is 19.9 Å². The van der Waals surface area contributed by atoms with Gasteiger partial charge in [-0.05, 0) is 32.2 Å². The molecule has 1 aliphatic rings. The zero-order chi connectivity index (χ0) is 13.1. The van der Waals surface area contributed by atoms with Gasteiger partial charge < -0.3 is 9.88 Å². The summed E-state index contributed by atoms with van der Waals surface area (Å²) in [5.74, 6) is 0. The average Bonchev–Trinajstić information content (AvgIpc) is 3.05. The fraction of sp³-hybridized carbons (Fsp3) is 0.571. The Labute approximate surface area is 117 Å². The maximum atomic E-state index is 4.68. The highest BCUT2D eigenvalue weighted by atomic mass is 32.1. The van der Waals surface area contributed by atoms with Gasteiger partial charge in [-0.3, -0.25) is 0 Å². The highest BCUT2D eigenvalue weighted by molar-refractivity contribution is 7.09. The number of hydrogen-bond acceptors (Lipinski definition) is 4. The minimum Gasteiger partial charge on any atom is -0.328 e. The van der Waals surface area contributed by atoms with Crippen molar-refractivity contribution in [2.45, 2.75) is 45.7 Å². The summed E-state index contributed by atoms with van der Waals surface area (Å²) >= 11 is 1.74. The minimum atomic E-state index is 0.866. The van der Waals surface area contributed by atoms with Gasteiger partial charge in [0.05, 0.1) is 24.3 Å². The van der Waals surface area contributed by atoms with Crippen molar-refractivity contribution in [3.8, 4) is 0 Å². The largest absolute Gasteiger partial charge is 0.328 e.